The van der Waals surface area contributed by atoms with E-state index >= 15 is 0 Å². The molecule has 0 fully saturated rings. The zero-order valence-corrected chi connectivity index (χ0v) is 11.5. The van der Waals surface area contributed by atoms with Crippen molar-refractivity contribution in [3.05, 3.63) is 48.5 Å². The third-order valence-corrected chi connectivity index (χ3v) is 2.77. The maximum atomic E-state index is 11.9. The molecule has 1 amide bonds. The summed E-state index contributed by atoms with van der Waals surface area (Å²) in [7, 11) is 0. The quantitative estimate of drug-likeness (QED) is 0.596. The Bertz CT molecular complexity index is 464. The lowest BCUT2D eigenvalue weighted by Gasteiger charge is -2.18. The molecule has 0 bridgehead atoms. The Balaban J connectivity index is 2.60. The largest absolute Gasteiger partial charge is 0.397 e. The van der Waals surface area contributed by atoms with E-state index in [0.29, 0.717) is 29.5 Å². The fourth-order valence-electron chi connectivity index (χ4n) is 1.59. The Morgan fingerprint density at radius 3 is 2.53 bits per heavy atom. The zero-order chi connectivity index (χ0) is 14.3. The highest BCUT2D eigenvalue weighted by molar-refractivity contribution is 6.33. The highest BCUT2D eigenvalue weighted by Gasteiger charge is 2.09. The van der Waals surface area contributed by atoms with Crippen molar-refractivity contribution >= 4 is 28.9 Å². The fourth-order valence-corrected chi connectivity index (χ4v) is 1.71. The molecule has 102 valence electrons. The van der Waals surface area contributed by atoms with E-state index in [1.54, 1.807) is 30.4 Å². The van der Waals surface area contributed by atoms with Gasteiger partial charge in [0.05, 0.1) is 17.3 Å². The molecule has 0 aliphatic heterocycles. The summed E-state index contributed by atoms with van der Waals surface area (Å²) in [5.74, 6) is -0.120. The number of carbonyl (C=O) groups excluding carboxylic acids is 1. The maximum absolute atomic E-state index is 11.9. The predicted octanol–water partition coefficient (Wildman–Crippen LogP) is 2.53. The molecule has 1 rings (SSSR count). The Morgan fingerprint density at radius 2 is 2.00 bits per heavy atom. The molecule has 5 heteroatoms. The van der Waals surface area contributed by atoms with E-state index < -0.39 is 0 Å². The topological polar surface area (TPSA) is 58.4 Å². The van der Waals surface area contributed by atoms with Crippen LogP contribution in [-0.2, 0) is 4.79 Å². The van der Waals surface area contributed by atoms with Crippen molar-refractivity contribution < 1.29 is 4.79 Å². The van der Waals surface area contributed by atoms with Gasteiger partial charge in [0, 0.05) is 18.8 Å². The lowest BCUT2D eigenvalue weighted by molar-refractivity contribution is -0.117. The van der Waals surface area contributed by atoms with E-state index in [-0.39, 0.29) is 12.5 Å². The molecular formula is C14H18ClN3O. The number of anilines is 2. The number of rotatable bonds is 7. The number of hydrogen-bond acceptors (Lipinski definition) is 3. The number of benzene rings is 1. The van der Waals surface area contributed by atoms with Gasteiger partial charge in [-0.05, 0) is 18.2 Å². The van der Waals surface area contributed by atoms with Crippen LogP contribution in [0.2, 0.25) is 5.02 Å². The maximum Gasteiger partial charge on any atom is 0.238 e. The van der Waals surface area contributed by atoms with Gasteiger partial charge in [0.25, 0.3) is 0 Å². The lowest BCUT2D eigenvalue weighted by Crippen LogP contribution is -2.33. The second-order valence-electron chi connectivity index (χ2n) is 4.06. The summed E-state index contributed by atoms with van der Waals surface area (Å²) in [6.07, 6.45) is 3.49. The minimum Gasteiger partial charge on any atom is -0.397 e. The molecule has 0 saturated heterocycles. The molecule has 0 aliphatic rings. The third-order valence-electron chi connectivity index (χ3n) is 2.42. The molecular weight excluding hydrogens is 262 g/mol. The molecule has 0 aromatic heterocycles. The number of nitrogens with two attached hydrogens (primary N) is 1. The molecule has 19 heavy (non-hydrogen) atoms. The average molecular weight is 280 g/mol. The van der Waals surface area contributed by atoms with Gasteiger partial charge in [0.15, 0.2) is 0 Å². The van der Waals surface area contributed by atoms with Crippen LogP contribution in [0.4, 0.5) is 11.4 Å². The molecule has 0 aliphatic carbocycles. The first-order valence-electron chi connectivity index (χ1n) is 5.86. The number of hydrogen-bond donors (Lipinski definition) is 2. The van der Waals surface area contributed by atoms with E-state index in [1.165, 1.54) is 0 Å². The summed E-state index contributed by atoms with van der Waals surface area (Å²) < 4.78 is 0. The van der Waals surface area contributed by atoms with E-state index in [0.717, 1.165) is 0 Å². The van der Waals surface area contributed by atoms with E-state index in [1.807, 2.05) is 4.90 Å². The first-order chi connectivity index (χ1) is 9.06. The van der Waals surface area contributed by atoms with E-state index in [4.69, 9.17) is 17.3 Å². The van der Waals surface area contributed by atoms with Gasteiger partial charge in [-0.1, -0.05) is 23.8 Å². The smallest absolute Gasteiger partial charge is 0.238 e. The van der Waals surface area contributed by atoms with E-state index in [9.17, 15) is 4.79 Å². The Hall–Kier alpha value is -1.78. The van der Waals surface area contributed by atoms with Gasteiger partial charge in [-0.3, -0.25) is 9.69 Å². The highest BCUT2D eigenvalue weighted by Crippen LogP contribution is 2.22. The predicted molar refractivity (Wildman–Crippen MR) is 81.3 cm³/mol. The van der Waals surface area contributed by atoms with Crippen LogP contribution in [-0.4, -0.2) is 30.4 Å². The minimum atomic E-state index is -0.120. The number of halogens is 1. The average Bonchev–Trinajstić information content (AvgIpc) is 2.34. The summed E-state index contributed by atoms with van der Waals surface area (Å²) in [6.45, 7) is 8.83. The highest BCUT2D eigenvalue weighted by atomic mass is 35.5. The number of nitrogen functional groups attached to an aromatic ring is 1. The summed E-state index contributed by atoms with van der Waals surface area (Å²) >= 11 is 5.82. The number of carbonyl (C=O) groups is 1. The molecule has 4 nitrogen and oxygen atoms in total. The standard InChI is InChI=1S/C14H18ClN3O/c1-3-7-18(8-4-2)10-14(19)17-11-5-6-12(15)13(16)9-11/h3-6,9H,1-2,7-8,10,16H2,(H,17,19). The Labute approximate surface area is 118 Å². The van der Waals surface area contributed by atoms with Crippen LogP contribution in [0.3, 0.4) is 0 Å². The van der Waals surface area contributed by atoms with Crippen molar-refractivity contribution in [2.75, 3.05) is 30.7 Å². The fraction of sp³-hybridized carbons (Fsp3) is 0.214. The number of amides is 1. The molecule has 0 unspecified atom stereocenters. The molecule has 3 N–H and O–H groups in total. The Kier molecular flexibility index (Phi) is 6.12. The second kappa shape index (κ2) is 7.61. The zero-order valence-electron chi connectivity index (χ0n) is 10.7. The molecule has 0 heterocycles. The minimum absolute atomic E-state index is 0.120. The first-order valence-corrected chi connectivity index (χ1v) is 6.23. The van der Waals surface area contributed by atoms with Crippen molar-refractivity contribution in [3.63, 3.8) is 0 Å². The van der Waals surface area contributed by atoms with Gasteiger partial charge >= 0.3 is 0 Å². The van der Waals surface area contributed by atoms with E-state index in [2.05, 4.69) is 18.5 Å². The number of nitrogens with one attached hydrogen (secondary N) is 1. The normalized spacial score (nSPS) is 10.2. The molecule has 0 radical (unpaired) electrons. The van der Waals surface area contributed by atoms with Crippen molar-refractivity contribution in [2.24, 2.45) is 0 Å². The monoisotopic (exact) mass is 279 g/mol. The van der Waals surface area contributed by atoms with Crippen molar-refractivity contribution in [2.45, 2.75) is 0 Å². The first kappa shape index (κ1) is 15.3. The van der Waals surface area contributed by atoms with Gasteiger partial charge in [-0.2, -0.15) is 0 Å². The summed E-state index contributed by atoms with van der Waals surface area (Å²) in [5.41, 5.74) is 6.74. The van der Waals surface area contributed by atoms with Gasteiger partial charge in [-0.15, -0.1) is 13.2 Å². The van der Waals surface area contributed by atoms with Crippen LogP contribution in [0, 0.1) is 0 Å². The SMILES string of the molecule is C=CCN(CC=C)CC(=O)Nc1ccc(Cl)c(N)c1. The van der Waals surface area contributed by atoms with Crippen molar-refractivity contribution in [3.8, 4) is 0 Å². The summed E-state index contributed by atoms with van der Waals surface area (Å²) in [5, 5.41) is 3.24. The molecule has 1 aromatic rings. The Morgan fingerprint density at radius 1 is 1.37 bits per heavy atom. The molecule has 0 atom stereocenters. The van der Waals surface area contributed by atoms with Gasteiger partial charge in [-0.25, -0.2) is 0 Å². The van der Waals surface area contributed by atoms with Crippen molar-refractivity contribution in [1.82, 2.24) is 4.90 Å². The van der Waals surface area contributed by atoms with Gasteiger partial charge in [0.2, 0.25) is 5.91 Å². The molecule has 0 spiro atoms. The van der Waals surface area contributed by atoms with Gasteiger partial charge in [0.1, 0.15) is 0 Å². The second-order valence-corrected chi connectivity index (χ2v) is 4.46. The molecule has 1 aromatic carbocycles. The van der Waals surface area contributed by atoms with Crippen molar-refractivity contribution in [1.29, 1.82) is 0 Å². The van der Waals surface area contributed by atoms with Crippen LogP contribution in [0.15, 0.2) is 43.5 Å². The number of nitrogens with zero attached hydrogens (tertiary/aromatic N) is 1. The lowest BCUT2D eigenvalue weighted by atomic mass is 10.3. The van der Waals surface area contributed by atoms with Crippen LogP contribution in [0.5, 0.6) is 0 Å². The van der Waals surface area contributed by atoms with Crippen LogP contribution in [0.1, 0.15) is 0 Å². The van der Waals surface area contributed by atoms with Crippen LogP contribution >= 0.6 is 11.6 Å². The summed E-state index contributed by atoms with van der Waals surface area (Å²) in [6, 6.07) is 4.99. The van der Waals surface area contributed by atoms with Crippen LogP contribution < -0.4 is 11.1 Å². The third kappa shape index (κ3) is 5.16. The summed E-state index contributed by atoms with van der Waals surface area (Å²) in [4.78, 5) is 13.8. The van der Waals surface area contributed by atoms with Gasteiger partial charge < -0.3 is 11.1 Å². The molecule has 0 saturated carbocycles. The van der Waals surface area contributed by atoms with Crippen LogP contribution in [0.25, 0.3) is 0 Å².